The van der Waals surface area contributed by atoms with E-state index >= 15 is 0 Å². The zero-order valence-corrected chi connectivity index (χ0v) is 13.8. The molecule has 2 aromatic carbocycles. The molecule has 3 N–H and O–H groups in total. The molecule has 3 nitrogen and oxygen atoms in total. The summed E-state index contributed by atoms with van der Waals surface area (Å²) in [5.41, 5.74) is 7.32. The minimum atomic E-state index is -0.848. The number of nitrogens with one attached hydrogen (secondary N) is 1. The number of benzene rings is 2. The summed E-state index contributed by atoms with van der Waals surface area (Å²) < 4.78 is 26.1. The van der Waals surface area contributed by atoms with Gasteiger partial charge in [-0.25, -0.2) is 8.78 Å². The van der Waals surface area contributed by atoms with Crippen LogP contribution in [0.25, 0.3) is 0 Å². The molecular formula is C16H18BrF2N3. The predicted molar refractivity (Wildman–Crippen MR) is 91.6 cm³/mol. The number of guanidine groups is 1. The van der Waals surface area contributed by atoms with Crippen molar-refractivity contribution < 1.29 is 8.78 Å². The van der Waals surface area contributed by atoms with Gasteiger partial charge in [0.25, 0.3) is 0 Å². The molecule has 0 spiro atoms. The van der Waals surface area contributed by atoms with Gasteiger partial charge in [0.15, 0.2) is 17.6 Å². The molecular weight excluding hydrogens is 352 g/mol. The van der Waals surface area contributed by atoms with Gasteiger partial charge in [-0.2, -0.15) is 0 Å². The van der Waals surface area contributed by atoms with Crippen molar-refractivity contribution >= 4 is 28.6 Å². The van der Waals surface area contributed by atoms with E-state index in [1.807, 2.05) is 37.3 Å². The number of nitrogens with zero attached hydrogens (tertiary/aromatic N) is 1. The first kappa shape index (κ1) is 18.1. The van der Waals surface area contributed by atoms with Crippen LogP contribution >= 0.6 is 17.0 Å². The van der Waals surface area contributed by atoms with E-state index in [0.29, 0.717) is 12.1 Å². The van der Waals surface area contributed by atoms with Gasteiger partial charge >= 0.3 is 0 Å². The summed E-state index contributed by atoms with van der Waals surface area (Å²) in [6.45, 7) is 2.27. The van der Waals surface area contributed by atoms with Gasteiger partial charge in [-0.05, 0) is 29.8 Å². The van der Waals surface area contributed by atoms with Gasteiger partial charge in [0.2, 0.25) is 0 Å². The summed E-state index contributed by atoms with van der Waals surface area (Å²) in [4.78, 5) is 4.21. The second kappa shape index (κ2) is 8.48. The van der Waals surface area contributed by atoms with Crippen molar-refractivity contribution in [3.63, 3.8) is 0 Å². The van der Waals surface area contributed by atoms with Crippen molar-refractivity contribution in [1.29, 1.82) is 0 Å². The molecule has 0 radical (unpaired) electrons. The molecule has 1 atom stereocenters. The normalized spacial score (nSPS) is 12.4. The predicted octanol–water partition coefficient (Wildman–Crippen LogP) is 4.07. The molecule has 0 aliphatic rings. The maximum Gasteiger partial charge on any atom is 0.193 e. The number of para-hydroxylation sites is 1. The lowest BCUT2D eigenvalue weighted by atomic mass is 10.0. The highest BCUT2D eigenvalue weighted by Gasteiger charge is 2.09. The van der Waals surface area contributed by atoms with E-state index in [4.69, 9.17) is 5.73 Å². The average molecular weight is 370 g/mol. The van der Waals surface area contributed by atoms with E-state index in [-0.39, 0.29) is 28.9 Å². The number of hydrogen-bond acceptors (Lipinski definition) is 1. The van der Waals surface area contributed by atoms with Crippen molar-refractivity contribution in [3.05, 3.63) is 65.7 Å². The molecule has 1 unspecified atom stereocenters. The van der Waals surface area contributed by atoms with E-state index in [1.54, 1.807) is 6.07 Å². The van der Waals surface area contributed by atoms with Gasteiger partial charge < -0.3 is 11.1 Å². The van der Waals surface area contributed by atoms with Crippen LogP contribution in [0.1, 0.15) is 18.4 Å². The molecule has 0 saturated carbocycles. The van der Waals surface area contributed by atoms with Crippen LogP contribution in [-0.2, 0) is 0 Å². The van der Waals surface area contributed by atoms with E-state index in [2.05, 4.69) is 10.3 Å². The van der Waals surface area contributed by atoms with Crippen LogP contribution in [0, 0.1) is 11.6 Å². The minimum absolute atomic E-state index is 0. The zero-order valence-electron chi connectivity index (χ0n) is 12.1. The van der Waals surface area contributed by atoms with Crippen molar-refractivity contribution in [2.75, 3.05) is 11.9 Å². The lowest BCUT2D eigenvalue weighted by molar-refractivity contribution is 0.506. The third-order valence-corrected chi connectivity index (χ3v) is 3.09. The third-order valence-electron chi connectivity index (χ3n) is 3.09. The Morgan fingerprint density at radius 3 is 2.45 bits per heavy atom. The Morgan fingerprint density at radius 1 is 1.14 bits per heavy atom. The Kier molecular flexibility index (Phi) is 6.98. The minimum Gasteiger partial charge on any atom is -0.370 e. The molecule has 0 aliphatic heterocycles. The monoisotopic (exact) mass is 369 g/mol. The first-order valence-electron chi connectivity index (χ1n) is 6.63. The van der Waals surface area contributed by atoms with Crippen LogP contribution in [0.15, 0.2) is 53.5 Å². The fourth-order valence-corrected chi connectivity index (χ4v) is 1.87. The summed E-state index contributed by atoms with van der Waals surface area (Å²) >= 11 is 0. The van der Waals surface area contributed by atoms with Gasteiger partial charge in [-0.3, -0.25) is 4.99 Å². The first-order valence-corrected chi connectivity index (χ1v) is 6.63. The average Bonchev–Trinajstić information content (AvgIpc) is 2.48. The first-order chi connectivity index (χ1) is 10.1. The van der Waals surface area contributed by atoms with Gasteiger partial charge in [0.1, 0.15) is 0 Å². The molecule has 2 aromatic rings. The number of nitrogens with two attached hydrogens (primary N) is 1. The molecule has 0 saturated heterocycles. The standard InChI is InChI=1S/C16H17F2N3.BrH/c1-11(12-7-8-14(17)15(18)9-12)10-20-16(19)21-13-5-3-2-4-6-13;/h2-9,11H,10H2,1H3,(H3,19,20,21);1H. The Labute approximate surface area is 139 Å². The molecule has 0 bridgehead atoms. The fraction of sp³-hybridized carbons (Fsp3) is 0.188. The number of hydrogen-bond donors (Lipinski definition) is 2. The number of halogens is 3. The van der Waals surface area contributed by atoms with Crippen molar-refractivity contribution in [1.82, 2.24) is 0 Å². The maximum absolute atomic E-state index is 13.2. The van der Waals surface area contributed by atoms with Gasteiger partial charge in [0.05, 0.1) is 0 Å². The molecule has 0 fully saturated rings. The van der Waals surface area contributed by atoms with Crippen molar-refractivity contribution in [3.8, 4) is 0 Å². The van der Waals surface area contributed by atoms with Gasteiger partial charge in [-0.1, -0.05) is 31.2 Å². The van der Waals surface area contributed by atoms with E-state index in [1.165, 1.54) is 6.07 Å². The second-order valence-corrected chi connectivity index (χ2v) is 4.79. The topological polar surface area (TPSA) is 50.4 Å². The van der Waals surface area contributed by atoms with Crippen LogP contribution in [0.2, 0.25) is 0 Å². The van der Waals surface area contributed by atoms with Gasteiger partial charge in [0, 0.05) is 18.2 Å². The summed E-state index contributed by atoms with van der Waals surface area (Å²) in [6, 6.07) is 13.3. The Balaban J connectivity index is 0.00000242. The largest absolute Gasteiger partial charge is 0.370 e. The van der Waals surface area contributed by atoms with Crippen LogP contribution in [0.4, 0.5) is 14.5 Å². The molecule has 6 heteroatoms. The quantitative estimate of drug-likeness (QED) is 0.630. The molecule has 0 heterocycles. The molecule has 2 rings (SSSR count). The third kappa shape index (κ3) is 5.11. The molecule has 22 heavy (non-hydrogen) atoms. The van der Waals surface area contributed by atoms with Crippen LogP contribution < -0.4 is 11.1 Å². The van der Waals surface area contributed by atoms with Crippen LogP contribution in [-0.4, -0.2) is 12.5 Å². The summed E-state index contributed by atoms with van der Waals surface area (Å²) in [7, 11) is 0. The lowest BCUT2D eigenvalue weighted by Gasteiger charge is -2.11. The van der Waals surface area contributed by atoms with E-state index in [0.717, 1.165) is 11.8 Å². The summed E-state index contributed by atoms with van der Waals surface area (Å²) in [6.07, 6.45) is 0. The van der Waals surface area contributed by atoms with E-state index in [9.17, 15) is 8.78 Å². The number of aliphatic imine (C=N–C) groups is 1. The smallest absolute Gasteiger partial charge is 0.193 e. The van der Waals surface area contributed by atoms with Crippen molar-refractivity contribution in [2.24, 2.45) is 10.7 Å². The second-order valence-electron chi connectivity index (χ2n) is 4.79. The number of anilines is 1. The highest BCUT2D eigenvalue weighted by atomic mass is 79.9. The summed E-state index contributed by atoms with van der Waals surface area (Å²) in [5.74, 6) is -1.47. The Bertz CT molecular complexity index is 633. The SMILES string of the molecule is Br.CC(CN=C(N)Nc1ccccc1)c1ccc(F)c(F)c1. The van der Waals surface area contributed by atoms with Crippen LogP contribution in [0.5, 0.6) is 0 Å². The fourth-order valence-electron chi connectivity index (χ4n) is 1.87. The van der Waals surface area contributed by atoms with E-state index < -0.39 is 11.6 Å². The highest BCUT2D eigenvalue weighted by molar-refractivity contribution is 8.93. The zero-order chi connectivity index (χ0) is 15.2. The van der Waals surface area contributed by atoms with Crippen LogP contribution in [0.3, 0.4) is 0 Å². The molecule has 118 valence electrons. The maximum atomic E-state index is 13.2. The Morgan fingerprint density at radius 2 is 1.82 bits per heavy atom. The van der Waals surface area contributed by atoms with Gasteiger partial charge in [-0.15, -0.1) is 17.0 Å². The highest BCUT2D eigenvalue weighted by Crippen LogP contribution is 2.18. The summed E-state index contributed by atoms with van der Waals surface area (Å²) in [5, 5.41) is 2.96. The Hall–Kier alpha value is -1.95. The lowest BCUT2D eigenvalue weighted by Crippen LogP contribution is -2.23. The van der Waals surface area contributed by atoms with Crippen molar-refractivity contribution in [2.45, 2.75) is 12.8 Å². The molecule has 0 aromatic heterocycles. The number of rotatable bonds is 4. The molecule has 0 aliphatic carbocycles. The molecule has 0 amide bonds.